The van der Waals surface area contributed by atoms with E-state index in [0.29, 0.717) is 18.2 Å². The first kappa shape index (κ1) is 11.1. The van der Waals surface area contributed by atoms with Crippen LogP contribution in [-0.4, -0.2) is 40.2 Å². The minimum Gasteiger partial charge on any atom is -0.336 e. The van der Waals surface area contributed by atoms with Crippen LogP contribution in [0.1, 0.15) is 23.3 Å². The van der Waals surface area contributed by atoms with Crippen molar-refractivity contribution in [3.8, 4) is 0 Å². The molecule has 1 unspecified atom stereocenters. The van der Waals surface area contributed by atoms with Gasteiger partial charge in [-0.05, 0) is 24.8 Å². The summed E-state index contributed by atoms with van der Waals surface area (Å²) < 4.78 is 1.60. The second-order valence-corrected chi connectivity index (χ2v) is 4.40. The summed E-state index contributed by atoms with van der Waals surface area (Å²) >= 11 is 0. The summed E-state index contributed by atoms with van der Waals surface area (Å²) in [6.45, 7) is 0.532. The minimum absolute atomic E-state index is 0.00218. The van der Waals surface area contributed by atoms with Crippen LogP contribution in [-0.2, 0) is 7.05 Å². The molecule has 2 N–H and O–H groups in total. The highest BCUT2D eigenvalue weighted by Gasteiger charge is 2.35. The molecule has 0 saturated heterocycles. The second kappa shape index (κ2) is 4.25. The molecule has 5 nitrogen and oxygen atoms in total. The lowest BCUT2D eigenvalue weighted by atomic mass is 10.1. The summed E-state index contributed by atoms with van der Waals surface area (Å²) in [6.07, 6.45) is 4.01. The van der Waals surface area contributed by atoms with Crippen LogP contribution >= 0.6 is 0 Å². The van der Waals surface area contributed by atoms with Crippen molar-refractivity contribution in [1.29, 1.82) is 0 Å². The van der Waals surface area contributed by atoms with E-state index in [4.69, 9.17) is 5.73 Å². The van der Waals surface area contributed by atoms with E-state index < -0.39 is 0 Å². The van der Waals surface area contributed by atoms with Crippen LogP contribution in [0.4, 0.5) is 0 Å². The number of aryl methyl sites for hydroxylation is 1. The molecule has 1 fully saturated rings. The predicted octanol–water partition coefficient (Wildman–Crippen LogP) is 0.229. The molecule has 1 aromatic rings. The Morgan fingerprint density at radius 3 is 2.88 bits per heavy atom. The van der Waals surface area contributed by atoms with Gasteiger partial charge in [0.1, 0.15) is 5.69 Å². The van der Waals surface area contributed by atoms with E-state index in [2.05, 4.69) is 5.10 Å². The van der Waals surface area contributed by atoms with Crippen molar-refractivity contribution in [2.45, 2.75) is 18.9 Å². The summed E-state index contributed by atoms with van der Waals surface area (Å²) in [4.78, 5) is 13.9. The van der Waals surface area contributed by atoms with Crippen LogP contribution in [0.25, 0.3) is 0 Å². The van der Waals surface area contributed by atoms with Gasteiger partial charge >= 0.3 is 0 Å². The molecule has 0 aromatic carbocycles. The van der Waals surface area contributed by atoms with Crippen LogP contribution < -0.4 is 5.73 Å². The average Bonchev–Trinajstić information content (AvgIpc) is 3.01. The Morgan fingerprint density at radius 2 is 2.44 bits per heavy atom. The van der Waals surface area contributed by atoms with Crippen molar-refractivity contribution in [2.75, 3.05) is 13.6 Å². The Morgan fingerprint density at radius 1 is 1.75 bits per heavy atom. The van der Waals surface area contributed by atoms with Gasteiger partial charge in [-0.25, -0.2) is 0 Å². The first-order valence-electron chi connectivity index (χ1n) is 5.60. The SMILES string of the molecule is CN(C(=O)c1ccnn1C)C(CN)C1CC1. The minimum atomic E-state index is 0.00218. The normalized spacial score (nSPS) is 17.2. The third kappa shape index (κ3) is 1.95. The van der Waals surface area contributed by atoms with Crippen LogP contribution in [0, 0.1) is 5.92 Å². The number of hydrogen-bond donors (Lipinski definition) is 1. The molecule has 0 bridgehead atoms. The number of amides is 1. The molecule has 1 saturated carbocycles. The Labute approximate surface area is 95.2 Å². The van der Waals surface area contributed by atoms with Gasteiger partial charge in [0.2, 0.25) is 0 Å². The molecule has 1 aliphatic carbocycles. The van der Waals surface area contributed by atoms with E-state index in [9.17, 15) is 4.79 Å². The molecule has 1 amide bonds. The molecule has 1 atom stereocenters. The number of carbonyl (C=O) groups is 1. The molecule has 0 spiro atoms. The van der Waals surface area contributed by atoms with Crippen molar-refractivity contribution >= 4 is 5.91 Å². The lowest BCUT2D eigenvalue weighted by Gasteiger charge is -2.27. The molecule has 2 rings (SSSR count). The maximum atomic E-state index is 12.2. The van der Waals surface area contributed by atoms with Gasteiger partial charge in [0, 0.05) is 32.9 Å². The van der Waals surface area contributed by atoms with Gasteiger partial charge in [0.05, 0.1) is 0 Å². The lowest BCUT2D eigenvalue weighted by molar-refractivity contribution is 0.0707. The van der Waals surface area contributed by atoms with E-state index in [-0.39, 0.29) is 11.9 Å². The summed E-state index contributed by atoms with van der Waals surface area (Å²) in [5.41, 5.74) is 6.34. The van der Waals surface area contributed by atoms with Gasteiger partial charge in [-0.15, -0.1) is 0 Å². The first-order chi connectivity index (χ1) is 7.65. The van der Waals surface area contributed by atoms with Crippen molar-refractivity contribution in [3.05, 3.63) is 18.0 Å². The van der Waals surface area contributed by atoms with Crippen molar-refractivity contribution in [1.82, 2.24) is 14.7 Å². The fraction of sp³-hybridized carbons (Fsp3) is 0.636. The molecule has 16 heavy (non-hydrogen) atoms. The molecule has 88 valence electrons. The fourth-order valence-corrected chi connectivity index (χ4v) is 2.06. The number of nitrogens with zero attached hydrogens (tertiary/aromatic N) is 3. The fourth-order valence-electron chi connectivity index (χ4n) is 2.06. The second-order valence-electron chi connectivity index (χ2n) is 4.40. The zero-order valence-electron chi connectivity index (χ0n) is 9.76. The monoisotopic (exact) mass is 222 g/mol. The first-order valence-corrected chi connectivity index (χ1v) is 5.60. The summed E-state index contributed by atoms with van der Waals surface area (Å²) in [7, 11) is 3.60. The van der Waals surface area contributed by atoms with Gasteiger partial charge in [-0.3, -0.25) is 9.48 Å². The van der Waals surface area contributed by atoms with E-state index in [1.165, 1.54) is 12.8 Å². The Bertz CT molecular complexity index is 383. The zero-order valence-corrected chi connectivity index (χ0v) is 9.76. The van der Waals surface area contributed by atoms with Crippen molar-refractivity contribution < 1.29 is 4.79 Å². The molecule has 5 heteroatoms. The maximum Gasteiger partial charge on any atom is 0.272 e. The Hall–Kier alpha value is -1.36. The number of carbonyl (C=O) groups excluding carboxylic acids is 1. The van der Waals surface area contributed by atoms with Crippen LogP contribution in [0.15, 0.2) is 12.3 Å². The molecule has 0 aliphatic heterocycles. The summed E-state index contributed by atoms with van der Waals surface area (Å²) in [5, 5.41) is 4.00. The summed E-state index contributed by atoms with van der Waals surface area (Å²) in [5.74, 6) is 0.592. The largest absolute Gasteiger partial charge is 0.336 e. The zero-order chi connectivity index (χ0) is 11.7. The van der Waals surface area contributed by atoms with E-state index >= 15 is 0 Å². The number of hydrogen-bond acceptors (Lipinski definition) is 3. The molecule has 1 aromatic heterocycles. The topological polar surface area (TPSA) is 64.2 Å². The molecular formula is C11H18N4O. The van der Waals surface area contributed by atoms with E-state index in [0.717, 1.165) is 0 Å². The smallest absolute Gasteiger partial charge is 0.272 e. The molecule has 0 radical (unpaired) electrons. The predicted molar refractivity (Wildman–Crippen MR) is 60.9 cm³/mol. The van der Waals surface area contributed by atoms with Gasteiger partial charge in [0.25, 0.3) is 5.91 Å². The quantitative estimate of drug-likeness (QED) is 0.793. The number of likely N-dealkylation sites (N-methyl/N-ethyl adjacent to an activating group) is 1. The third-order valence-electron chi connectivity index (χ3n) is 3.27. The van der Waals surface area contributed by atoms with Gasteiger partial charge in [-0.1, -0.05) is 0 Å². The maximum absolute atomic E-state index is 12.2. The van der Waals surface area contributed by atoms with E-state index in [1.54, 1.807) is 28.9 Å². The van der Waals surface area contributed by atoms with Crippen molar-refractivity contribution in [2.24, 2.45) is 18.7 Å². The average molecular weight is 222 g/mol. The highest BCUT2D eigenvalue weighted by atomic mass is 16.2. The van der Waals surface area contributed by atoms with Crippen LogP contribution in [0.5, 0.6) is 0 Å². The van der Waals surface area contributed by atoms with Gasteiger partial charge in [-0.2, -0.15) is 5.10 Å². The number of nitrogens with two attached hydrogens (primary N) is 1. The Balaban J connectivity index is 2.11. The number of rotatable bonds is 4. The van der Waals surface area contributed by atoms with Crippen molar-refractivity contribution in [3.63, 3.8) is 0 Å². The van der Waals surface area contributed by atoms with E-state index in [1.807, 2.05) is 7.05 Å². The Kier molecular flexibility index (Phi) is 2.96. The highest BCUT2D eigenvalue weighted by Crippen LogP contribution is 2.34. The summed E-state index contributed by atoms with van der Waals surface area (Å²) in [6, 6.07) is 1.90. The third-order valence-corrected chi connectivity index (χ3v) is 3.27. The van der Waals surface area contributed by atoms with Crippen LogP contribution in [0.3, 0.4) is 0 Å². The molecule has 1 heterocycles. The van der Waals surface area contributed by atoms with Crippen LogP contribution in [0.2, 0.25) is 0 Å². The van der Waals surface area contributed by atoms with Gasteiger partial charge in [0.15, 0.2) is 0 Å². The number of aromatic nitrogens is 2. The molecular weight excluding hydrogens is 204 g/mol. The highest BCUT2D eigenvalue weighted by molar-refractivity contribution is 5.92. The lowest BCUT2D eigenvalue weighted by Crippen LogP contribution is -2.43. The molecule has 1 aliphatic rings. The van der Waals surface area contributed by atoms with Gasteiger partial charge < -0.3 is 10.6 Å². The standard InChI is InChI=1S/C11H18N4O/c1-14(10(7-12)8-3-4-8)11(16)9-5-6-13-15(9)2/h5-6,8,10H,3-4,7,12H2,1-2H3.